The van der Waals surface area contributed by atoms with Gasteiger partial charge >= 0.3 is 0 Å². The van der Waals surface area contributed by atoms with Gasteiger partial charge in [-0.25, -0.2) is 0 Å². The molecule has 1 aromatic heterocycles. The number of anilines is 1. The SMILES string of the molecule is CC(C)N(C(=O)CSc1ccnc2ccccc12)c1ccccc1. The van der Waals surface area contributed by atoms with Crippen LogP contribution in [0.3, 0.4) is 0 Å². The van der Waals surface area contributed by atoms with Crippen LogP contribution in [0.25, 0.3) is 10.9 Å². The summed E-state index contributed by atoms with van der Waals surface area (Å²) in [5.41, 5.74) is 1.90. The highest BCUT2D eigenvalue weighted by Crippen LogP contribution is 2.27. The van der Waals surface area contributed by atoms with E-state index in [4.69, 9.17) is 0 Å². The summed E-state index contributed by atoms with van der Waals surface area (Å²) in [7, 11) is 0. The molecular weight excluding hydrogens is 316 g/mol. The molecule has 0 bridgehead atoms. The van der Waals surface area contributed by atoms with Crippen molar-refractivity contribution < 1.29 is 4.79 Å². The topological polar surface area (TPSA) is 33.2 Å². The van der Waals surface area contributed by atoms with E-state index in [2.05, 4.69) is 4.98 Å². The summed E-state index contributed by atoms with van der Waals surface area (Å²) in [6, 6.07) is 19.9. The van der Waals surface area contributed by atoms with E-state index in [9.17, 15) is 4.79 Å². The number of amides is 1. The molecule has 122 valence electrons. The Hall–Kier alpha value is -2.33. The second-order valence-corrected chi connectivity index (χ2v) is 6.83. The molecule has 4 heteroatoms. The Morgan fingerprint density at radius 3 is 2.50 bits per heavy atom. The Bertz CT molecular complexity index is 828. The lowest BCUT2D eigenvalue weighted by Gasteiger charge is -2.26. The summed E-state index contributed by atoms with van der Waals surface area (Å²) in [5, 5.41) is 1.09. The molecule has 0 saturated carbocycles. The van der Waals surface area contributed by atoms with Gasteiger partial charge in [0.1, 0.15) is 0 Å². The van der Waals surface area contributed by atoms with Gasteiger partial charge in [0, 0.05) is 28.2 Å². The van der Waals surface area contributed by atoms with E-state index in [1.165, 1.54) is 0 Å². The van der Waals surface area contributed by atoms with Crippen molar-refractivity contribution in [2.75, 3.05) is 10.7 Å². The zero-order valence-electron chi connectivity index (χ0n) is 13.8. The number of rotatable bonds is 5. The number of pyridine rings is 1. The summed E-state index contributed by atoms with van der Waals surface area (Å²) in [6.07, 6.45) is 1.80. The molecular formula is C20H20N2OS. The number of hydrogen-bond acceptors (Lipinski definition) is 3. The van der Waals surface area contributed by atoms with Crippen LogP contribution in [0.2, 0.25) is 0 Å². The first-order chi connectivity index (χ1) is 11.7. The predicted octanol–water partition coefficient (Wildman–Crippen LogP) is 4.77. The minimum atomic E-state index is 0.113. The molecule has 0 spiro atoms. The van der Waals surface area contributed by atoms with Gasteiger partial charge in [0.15, 0.2) is 0 Å². The first-order valence-corrected chi connectivity index (χ1v) is 8.99. The van der Waals surface area contributed by atoms with Gasteiger partial charge < -0.3 is 4.90 Å². The zero-order valence-corrected chi connectivity index (χ0v) is 14.7. The molecule has 3 aromatic rings. The van der Waals surface area contributed by atoms with E-state index in [1.807, 2.05) is 79.4 Å². The molecule has 0 unspecified atom stereocenters. The maximum Gasteiger partial charge on any atom is 0.237 e. The number of carbonyl (C=O) groups excluding carboxylic acids is 1. The van der Waals surface area contributed by atoms with E-state index in [-0.39, 0.29) is 11.9 Å². The number of thioether (sulfide) groups is 1. The molecule has 3 rings (SSSR count). The van der Waals surface area contributed by atoms with Gasteiger partial charge in [-0.15, -0.1) is 11.8 Å². The summed E-state index contributed by atoms with van der Waals surface area (Å²) >= 11 is 1.57. The fourth-order valence-corrected chi connectivity index (χ4v) is 3.63. The van der Waals surface area contributed by atoms with Gasteiger partial charge in [-0.1, -0.05) is 36.4 Å². The lowest BCUT2D eigenvalue weighted by molar-refractivity contribution is -0.116. The summed E-state index contributed by atoms with van der Waals surface area (Å²) in [4.78, 5) is 20.1. The summed E-state index contributed by atoms with van der Waals surface area (Å²) in [5.74, 6) is 0.517. The third-order valence-electron chi connectivity index (χ3n) is 3.78. The van der Waals surface area contributed by atoms with E-state index in [0.717, 1.165) is 21.5 Å². The minimum Gasteiger partial charge on any atom is -0.309 e. The number of hydrogen-bond donors (Lipinski definition) is 0. The monoisotopic (exact) mass is 336 g/mol. The van der Waals surface area contributed by atoms with Crippen LogP contribution < -0.4 is 4.90 Å². The van der Waals surface area contributed by atoms with Gasteiger partial charge in [0.05, 0.1) is 11.3 Å². The first-order valence-electron chi connectivity index (χ1n) is 8.00. The van der Waals surface area contributed by atoms with Crippen molar-refractivity contribution in [3.8, 4) is 0 Å². The van der Waals surface area contributed by atoms with Crippen LogP contribution in [0.1, 0.15) is 13.8 Å². The highest BCUT2D eigenvalue weighted by atomic mass is 32.2. The number of fused-ring (bicyclic) bond motifs is 1. The molecule has 0 aliphatic heterocycles. The van der Waals surface area contributed by atoms with Crippen molar-refractivity contribution in [1.82, 2.24) is 4.98 Å². The Morgan fingerprint density at radius 2 is 1.75 bits per heavy atom. The first kappa shape index (κ1) is 16.5. The Kier molecular flexibility index (Phi) is 5.16. The van der Waals surface area contributed by atoms with Gasteiger partial charge in [0.2, 0.25) is 5.91 Å². The molecule has 0 radical (unpaired) electrons. The normalized spacial score (nSPS) is 11.0. The quantitative estimate of drug-likeness (QED) is 0.629. The largest absolute Gasteiger partial charge is 0.309 e. The van der Waals surface area contributed by atoms with Gasteiger partial charge in [0.25, 0.3) is 0 Å². The smallest absolute Gasteiger partial charge is 0.237 e. The maximum atomic E-state index is 12.8. The van der Waals surface area contributed by atoms with Crippen molar-refractivity contribution in [2.45, 2.75) is 24.8 Å². The third kappa shape index (κ3) is 3.60. The Morgan fingerprint density at radius 1 is 1.04 bits per heavy atom. The molecule has 0 atom stereocenters. The molecule has 3 nitrogen and oxygen atoms in total. The lowest BCUT2D eigenvalue weighted by atomic mass is 10.2. The van der Waals surface area contributed by atoms with Crippen LogP contribution in [-0.2, 0) is 4.79 Å². The average Bonchev–Trinajstić information content (AvgIpc) is 2.60. The van der Waals surface area contributed by atoms with E-state index < -0.39 is 0 Å². The minimum absolute atomic E-state index is 0.113. The van der Waals surface area contributed by atoms with Crippen LogP contribution in [0.4, 0.5) is 5.69 Å². The lowest BCUT2D eigenvalue weighted by Crippen LogP contribution is -2.38. The van der Waals surface area contributed by atoms with E-state index in [1.54, 1.807) is 18.0 Å². The highest BCUT2D eigenvalue weighted by Gasteiger charge is 2.19. The molecule has 2 aromatic carbocycles. The highest BCUT2D eigenvalue weighted by molar-refractivity contribution is 8.00. The van der Waals surface area contributed by atoms with Crippen molar-refractivity contribution in [3.63, 3.8) is 0 Å². The van der Waals surface area contributed by atoms with E-state index >= 15 is 0 Å². The summed E-state index contributed by atoms with van der Waals surface area (Å²) in [6.45, 7) is 4.08. The molecule has 0 saturated heterocycles. The van der Waals surface area contributed by atoms with E-state index in [0.29, 0.717) is 5.75 Å². The van der Waals surface area contributed by atoms with Crippen LogP contribution in [0.15, 0.2) is 71.8 Å². The van der Waals surface area contributed by atoms with Crippen molar-refractivity contribution >= 4 is 34.3 Å². The molecule has 24 heavy (non-hydrogen) atoms. The Labute approximate surface area is 146 Å². The fourth-order valence-electron chi connectivity index (χ4n) is 2.72. The fraction of sp³-hybridized carbons (Fsp3) is 0.200. The zero-order chi connectivity index (χ0) is 16.9. The summed E-state index contributed by atoms with van der Waals surface area (Å²) < 4.78 is 0. The van der Waals surface area contributed by atoms with Crippen molar-refractivity contribution in [3.05, 3.63) is 66.9 Å². The Balaban J connectivity index is 1.78. The van der Waals surface area contributed by atoms with Crippen LogP contribution in [0.5, 0.6) is 0 Å². The average molecular weight is 336 g/mol. The molecule has 1 amide bonds. The number of carbonyl (C=O) groups is 1. The molecule has 0 aliphatic rings. The molecule has 0 fully saturated rings. The van der Waals surface area contributed by atoms with Crippen LogP contribution >= 0.6 is 11.8 Å². The second-order valence-electron chi connectivity index (χ2n) is 5.81. The van der Waals surface area contributed by atoms with Gasteiger partial charge in [-0.3, -0.25) is 9.78 Å². The number of para-hydroxylation sites is 2. The molecule has 1 heterocycles. The predicted molar refractivity (Wildman–Crippen MR) is 102 cm³/mol. The molecule has 0 aliphatic carbocycles. The molecule has 0 N–H and O–H groups in total. The second kappa shape index (κ2) is 7.49. The maximum absolute atomic E-state index is 12.8. The third-order valence-corrected chi connectivity index (χ3v) is 4.84. The van der Waals surface area contributed by atoms with Gasteiger partial charge in [-0.05, 0) is 38.1 Å². The van der Waals surface area contributed by atoms with Crippen molar-refractivity contribution in [1.29, 1.82) is 0 Å². The number of nitrogens with zero attached hydrogens (tertiary/aromatic N) is 2. The van der Waals surface area contributed by atoms with Crippen molar-refractivity contribution in [2.24, 2.45) is 0 Å². The van der Waals surface area contributed by atoms with Crippen LogP contribution in [-0.4, -0.2) is 22.7 Å². The number of aromatic nitrogens is 1. The van der Waals surface area contributed by atoms with Gasteiger partial charge in [-0.2, -0.15) is 0 Å². The number of benzene rings is 2. The standard InChI is InChI=1S/C20H20N2OS/c1-15(2)22(16-8-4-3-5-9-16)20(23)14-24-19-12-13-21-18-11-7-6-10-17(18)19/h3-13,15H,14H2,1-2H3. The van der Waals surface area contributed by atoms with Crippen LogP contribution in [0, 0.1) is 0 Å².